The van der Waals surface area contributed by atoms with E-state index in [2.05, 4.69) is 32.2 Å². The summed E-state index contributed by atoms with van der Waals surface area (Å²) in [6.45, 7) is 5.32. The van der Waals surface area contributed by atoms with Crippen LogP contribution in [0.2, 0.25) is 5.02 Å². The molecule has 1 fully saturated rings. The molecule has 1 amide bonds. The minimum Gasteiger partial charge on any atom is -0.379 e. The van der Waals surface area contributed by atoms with E-state index in [-0.39, 0.29) is 11.9 Å². The van der Waals surface area contributed by atoms with E-state index in [4.69, 9.17) is 20.9 Å². The Morgan fingerprint density at radius 1 is 1.31 bits per heavy atom. The molecular formula is C21H22ClN3O3S. The molecule has 1 aliphatic heterocycles. The van der Waals surface area contributed by atoms with Crippen LogP contribution in [-0.2, 0) is 4.74 Å². The first-order valence-electron chi connectivity index (χ1n) is 9.48. The number of hydrogen-bond acceptors (Lipinski definition) is 6. The van der Waals surface area contributed by atoms with Gasteiger partial charge in [0.1, 0.15) is 17.0 Å². The molecule has 0 aliphatic carbocycles. The number of aryl methyl sites for hydroxylation is 1. The van der Waals surface area contributed by atoms with E-state index in [1.165, 1.54) is 5.56 Å². The highest BCUT2D eigenvalue weighted by Crippen LogP contribution is 2.31. The Morgan fingerprint density at radius 3 is 2.83 bits per heavy atom. The fraction of sp³-hybridized carbons (Fsp3) is 0.333. The van der Waals surface area contributed by atoms with E-state index < -0.39 is 0 Å². The van der Waals surface area contributed by atoms with Crippen molar-refractivity contribution in [3.8, 4) is 11.3 Å². The second-order valence-electron chi connectivity index (χ2n) is 6.87. The SMILES string of the molecule is Cc1onc(-c2ccccc2Cl)c1C(=O)NC[C@@H](c1ccsc1)N1CCOCC1. The third-order valence-electron chi connectivity index (χ3n) is 5.09. The average molecular weight is 432 g/mol. The third kappa shape index (κ3) is 4.38. The molecule has 2 aromatic heterocycles. The second kappa shape index (κ2) is 9.09. The first-order chi connectivity index (χ1) is 14.1. The highest BCUT2D eigenvalue weighted by atomic mass is 35.5. The van der Waals surface area contributed by atoms with Crippen molar-refractivity contribution < 1.29 is 14.1 Å². The molecule has 1 N–H and O–H groups in total. The van der Waals surface area contributed by atoms with Crippen LogP contribution < -0.4 is 5.32 Å². The summed E-state index contributed by atoms with van der Waals surface area (Å²) in [6.07, 6.45) is 0. The molecule has 0 bridgehead atoms. The van der Waals surface area contributed by atoms with Crippen LogP contribution in [0.4, 0.5) is 0 Å². The molecule has 152 valence electrons. The summed E-state index contributed by atoms with van der Waals surface area (Å²) in [5.41, 5.74) is 2.76. The maximum absolute atomic E-state index is 13.1. The Kier molecular flexibility index (Phi) is 6.30. The number of ether oxygens (including phenoxy) is 1. The number of carbonyl (C=O) groups excluding carboxylic acids is 1. The minimum atomic E-state index is -0.216. The molecular weight excluding hydrogens is 410 g/mol. The average Bonchev–Trinajstić information content (AvgIpc) is 3.39. The van der Waals surface area contributed by atoms with Gasteiger partial charge in [-0.2, -0.15) is 11.3 Å². The van der Waals surface area contributed by atoms with Crippen LogP contribution in [0.15, 0.2) is 45.6 Å². The molecule has 1 saturated heterocycles. The number of thiophene rings is 1. The van der Waals surface area contributed by atoms with Crippen molar-refractivity contribution in [2.45, 2.75) is 13.0 Å². The Bertz CT molecular complexity index is 967. The van der Waals surface area contributed by atoms with Gasteiger partial charge in [0.05, 0.1) is 24.3 Å². The molecule has 8 heteroatoms. The lowest BCUT2D eigenvalue weighted by molar-refractivity contribution is 0.0163. The number of amides is 1. The topological polar surface area (TPSA) is 67.6 Å². The van der Waals surface area contributed by atoms with Gasteiger partial charge in [-0.1, -0.05) is 35.0 Å². The van der Waals surface area contributed by atoms with Gasteiger partial charge in [-0.25, -0.2) is 0 Å². The molecule has 1 aliphatic rings. The van der Waals surface area contributed by atoms with E-state index in [1.807, 2.05) is 18.2 Å². The van der Waals surface area contributed by atoms with Gasteiger partial charge in [0.15, 0.2) is 0 Å². The van der Waals surface area contributed by atoms with Crippen molar-refractivity contribution in [1.29, 1.82) is 0 Å². The lowest BCUT2D eigenvalue weighted by Gasteiger charge is -2.34. The van der Waals surface area contributed by atoms with Gasteiger partial charge in [0.2, 0.25) is 0 Å². The second-order valence-corrected chi connectivity index (χ2v) is 8.06. The lowest BCUT2D eigenvalue weighted by Crippen LogP contribution is -2.43. The summed E-state index contributed by atoms with van der Waals surface area (Å²) in [5.74, 6) is 0.253. The number of hydrogen-bond donors (Lipinski definition) is 1. The standard InChI is InChI=1S/C21H22ClN3O3S/c1-14-19(20(24-28-14)16-4-2-3-5-17(16)22)21(26)23-12-18(15-6-11-29-13-15)25-7-9-27-10-8-25/h2-6,11,13,18H,7-10,12H2,1H3,(H,23,26)/t18-/m0/s1. The zero-order chi connectivity index (χ0) is 20.2. The Hall–Kier alpha value is -2.19. The molecule has 1 aromatic carbocycles. The van der Waals surface area contributed by atoms with Crippen molar-refractivity contribution in [3.63, 3.8) is 0 Å². The summed E-state index contributed by atoms with van der Waals surface area (Å²) in [7, 11) is 0. The summed E-state index contributed by atoms with van der Waals surface area (Å²) >= 11 is 7.97. The van der Waals surface area contributed by atoms with Crippen LogP contribution in [0, 0.1) is 6.92 Å². The number of rotatable bonds is 6. The van der Waals surface area contributed by atoms with E-state index in [0.29, 0.717) is 47.4 Å². The van der Waals surface area contributed by atoms with Gasteiger partial charge in [0.25, 0.3) is 5.91 Å². The Morgan fingerprint density at radius 2 is 2.10 bits per heavy atom. The monoisotopic (exact) mass is 431 g/mol. The zero-order valence-corrected chi connectivity index (χ0v) is 17.6. The minimum absolute atomic E-state index is 0.0954. The quantitative estimate of drug-likeness (QED) is 0.634. The highest BCUT2D eigenvalue weighted by Gasteiger charge is 2.26. The number of benzene rings is 1. The third-order valence-corrected chi connectivity index (χ3v) is 6.12. The van der Waals surface area contributed by atoms with Crippen molar-refractivity contribution in [2.24, 2.45) is 0 Å². The van der Waals surface area contributed by atoms with E-state index in [9.17, 15) is 4.79 Å². The maximum atomic E-state index is 13.1. The first kappa shape index (κ1) is 20.1. The molecule has 3 heterocycles. The summed E-state index contributed by atoms with van der Waals surface area (Å²) in [5, 5.41) is 11.9. The van der Waals surface area contributed by atoms with Crippen molar-refractivity contribution >= 4 is 28.8 Å². The summed E-state index contributed by atoms with van der Waals surface area (Å²) in [4.78, 5) is 15.4. The molecule has 1 atom stereocenters. The Balaban J connectivity index is 1.55. The van der Waals surface area contributed by atoms with Crippen molar-refractivity contribution in [1.82, 2.24) is 15.4 Å². The largest absolute Gasteiger partial charge is 0.379 e. The van der Waals surface area contributed by atoms with E-state index in [0.717, 1.165) is 13.1 Å². The fourth-order valence-electron chi connectivity index (χ4n) is 3.57. The number of nitrogens with one attached hydrogen (secondary N) is 1. The van der Waals surface area contributed by atoms with Gasteiger partial charge in [-0.3, -0.25) is 9.69 Å². The van der Waals surface area contributed by atoms with Gasteiger partial charge in [0, 0.05) is 25.2 Å². The first-order valence-corrected chi connectivity index (χ1v) is 10.8. The van der Waals surface area contributed by atoms with Gasteiger partial charge in [-0.15, -0.1) is 0 Å². The molecule has 29 heavy (non-hydrogen) atoms. The van der Waals surface area contributed by atoms with Crippen LogP contribution in [0.25, 0.3) is 11.3 Å². The van der Waals surface area contributed by atoms with Crippen LogP contribution >= 0.6 is 22.9 Å². The van der Waals surface area contributed by atoms with Crippen molar-refractivity contribution in [2.75, 3.05) is 32.8 Å². The highest BCUT2D eigenvalue weighted by molar-refractivity contribution is 7.08. The Labute approximate surface area is 178 Å². The molecule has 0 saturated carbocycles. The van der Waals surface area contributed by atoms with Crippen LogP contribution in [-0.4, -0.2) is 48.8 Å². The number of aromatic nitrogens is 1. The molecule has 0 radical (unpaired) electrons. The normalized spacial score (nSPS) is 15.9. The predicted octanol–water partition coefficient (Wildman–Crippen LogP) is 4.17. The number of carbonyl (C=O) groups is 1. The molecule has 6 nitrogen and oxygen atoms in total. The van der Waals surface area contributed by atoms with Gasteiger partial charge in [-0.05, 0) is 35.4 Å². The maximum Gasteiger partial charge on any atom is 0.257 e. The van der Waals surface area contributed by atoms with Gasteiger partial charge >= 0.3 is 0 Å². The van der Waals surface area contributed by atoms with Crippen LogP contribution in [0.5, 0.6) is 0 Å². The fourth-order valence-corrected chi connectivity index (χ4v) is 4.50. The summed E-state index contributed by atoms with van der Waals surface area (Å²) < 4.78 is 10.8. The number of morpholine rings is 1. The molecule has 3 aromatic rings. The van der Waals surface area contributed by atoms with Crippen LogP contribution in [0.3, 0.4) is 0 Å². The van der Waals surface area contributed by atoms with Crippen LogP contribution in [0.1, 0.15) is 27.7 Å². The number of nitrogens with zero attached hydrogens (tertiary/aromatic N) is 2. The van der Waals surface area contributed by atoms with Gasteiger partial charge < -0.3 is 14.6 Å². The van der Waals surface area contributed by atoms with E-state index in [1.54, 1.807) is 24.3 Å². The number of halogens is 1. The molecule has 0 unspecified atom stereocenters. The van der Waals surface area contributed by atoms with E-state index >= 15 is 0 Å². The molecule has 4 rings (SSSR count). The smallest absolute Gasteiger partial charge is 0.257 e. The zero-order valence-electron chi connectivity index (χ0n) is 16.1. The predicted molar refractivity (Wildman–Crippen MR) is 113 cm³/mol. The molecule has 0 spiro atoms. The lowest BCUT2D eigenvalue weighted by atomic mass is 10.0. The summed E-state index contributed by atoms with van der Waals surface area (Å²) in [6, 6.07) is 9.51. The van der Waals surface area contributed by atoms with Crippen molar-refractivity contribution in [3.05, 3.63) is 63.0 Å².